The van der Waals surface area contributed by atoms with Gasteiger partial charge in [-0.15, -0.1) is 0 Å². The number of rotatable bonds is 4. The van der Waals surface area contributed by atoms with Gasteiger partial charge in [-0.2, -0.15) is 5.26 Å². The highest BCUT2D eigenvalue weighted by Crippen LogP contribution is 2.30. The van der Waals surface area contributed by atoms with Crippen LogP contribution in [0.3, 0.4) is 0 Å². The predicted molar refractivity (Wildman–Crippen MR) is 63.2 cm³/mol. The molecule has 1 rings (SSSR count). The molecule has 0 radical (unpaired) electrons. The summed E-state index contributed by atoms with van der Waals surface area (Å²) in [6.45, 7) is 1.85. The first-order valence-corrected chi connectivity index (χ1v) is 5.40. The lowest BCUT2D eigenvalue weighted by atomic mass is 10.1. The molecule has 6 nitrogen and oxygen atoms in total. The molecule has 18 heavy (non-hydrogen) atoms. The van der Waals surface area contributed by atoms with Crippen molar-refractivity contribution < 1.29 is 14.5 Å². The maximum absolute atomic E-state index is 11.3. The van der Waals surface area contributed by atoms with Gasteiger partial charge in [0.1, 0.15) is 5.02 Å². The van der Waals surface area contributed by atoms with E-state index in [4.69, 9.17) is 21.6 Å². The van der Waals surface area contributed by atoms with E-state index in [1.54, 1.807) is 13.0 Å². The van der Waals surface area contributed by atoms with E-state index in [0.717, 1.165) is 6.07 Å². The Morgan fingerprint density at radius 1 is 1.61 bits per heavy atom. The molecule has 0 unspecified atom stereocenters. The highest BCUT2D eigenvalue weighted by Gasteiger charge is 2.20. The van der Waals surface area contributed by atoms with Crippen LogP contribution in [0.4, 0.5) is 5.69 Å². The van der Waals surface area contributed by atoms with Gasteiger partial charge in [0.25, 0.3) is 5.69 Å². The molecule has 0 aliphatic rings. The summed E-state index contributed by atoms with van der Waals surface area (Å²) in [6, 6.07) is 4.19. The van der Waals surface area contributed by atoms with Crippen LogP contribution in [0.5, 0.6) is 0 Å². The number of halogens is 1. The summed E-state index contributed by atoms with van der Waals surface area (Å²) in [6.07, 6.45) is -0.205. The van der Waals surface area contributed by atoms with Gasteiger partial charge in [-0.3, -0.25) is 14.9 Å². The fraction of sp³-hybridized carbons (Fsp3) is 0.273. The van der Waals surface area contributed by atoms with Crippen LogP contribution in [0.15, 0.2) is 12.1 Å². The van der Waals surface area contributed by atoms with Crippen LogP contribution in [0.25, 0.3) is 0 Å². The summed E-state index contributed by atoms with van der Waals surface area (Å²) < 4.78 is 4.72. The van der Waals surface area contributed by atoms with Crippen LogP contribution in [0.2, 0.25) is 5.02 Å². The van der Waals surface area contributed by atoms with E-state index in [0.29, 0.717) is 0 Å². The number of esters is 1. The van der Waals surface area contributed by atoms with Crippen molar-refractivity contribution in [2.24, 2.45) is 0 Å². The summed E-state index contributed by atoms with van der Waals surface area (Å²) in [4.78, 5) is 21.4. The Morgan fingerprint density at radius 2 is 2.28 bits per heavy atom. The molecule has 0 fully saturated rings. The third-order valence-corrected chi connectivity index (χ3v) is 2.53. The summed E-state index contributed by atoms with van der Waals surface area (Å²) in [5.41, 5.74) is -0.110. The number of ether oxygens (including phenoxy) is 1. The third kappa shape index (κ3) is 3.18. The van der Waals surface area contributed by atoms with Gasteiger partial charge in [0.15, 0.2) is 0 Å². The van der Waals surface area contributed by atoms with E-state index in [1.807, 2.05) is 0 Å². The number of benzene rings is 1. The number of hydrogen-bond donors (Lipinski definition) is 0. The van der Waals surface area contributed by atoms with Crippen molar-refractivity contribution in [1.29, 1.82) is 5.26 Å². The Labute approximate surface area is 108 Å². The second kappa shape index (κ2) is 5.98. The molecular weight excluding hydrogens is 260 g/mol. The van der Waals surface area contributed by atoms with Gasteiger partial charge in [-0.05, 0) is 18.6 Å². The lowest BCUT2D eigenvalue weighted by Crippen LogP contribution is -2.08. The normalized spacial score (nSPS) is 9.61. The molecule has 0 saturated heterocycles. The maximum atomic E-state index is 11.3. The molecule has 1 aromatic rings. The Bertz CT molecular complexity index is 537. The Balaban J connectivity index is 3.19. The highest BCUT2D eigenvalue weighted by atomic mass is 35.5. The average Bonchev–Trinajstić information content (AvgIpc) is 2.31. The SMILES string of the molecule is CCOC(=O)Cc1cc(C#N)cc([N+](=O)[O-])c1Cl. The van der Waals surface area contributed by atoms with Crippen LogP contribution in [-0.2, 0) is 16.0 Å². The van der Waals surface area contributed by atoms with E-state index < -0.39 is 16.6 Å². The van der Waals surface area contributed by atoms with Gasteiger partial charge in [-0.25, -0.2) is 0 Å². The van der Waals surface area contributed by atoms with E-state index in [-0.39, 0.29) is 29.2 Å². The van der Waals surface area contributed by atoms with Gasteiger partial charge in [0, 0.05) is 6.07 Å². The zero-order valence-corrected chi connectivity index (χ0v) is 10.2. The molecule has 94 valence electrons. The summed E-state index contributed by atoms with van der Waals surface area (Å²) in [5, 5.41) is 19.4. The fourth-order valence-electron chi connectivity index (χ4n) is 1.36. The fourth-order valence-corrected chi connectivity index (χ4v) is 1.61. The molecular formula is C11H9ClN2O4. The smallest absolute Gasteiger partial charge is 0.310 e. The van der Waals surface area contributed by atoms with Crippen molar-refractivity contribution in [3.63, 3.8) is 0 Å². The molecule has 0 amide bonds. The minimum absolute atomic E-state index is 0.0744. The number of nitriles is 1. The Kier molecular flexibility index (Phi) is 4.63. The zero-order chi connectivity index (χ0) is 13.7. The number of carbonyl (C=O) groups is 1. The third-order valence-electron chi connectivity index (χ3n) is 2.09. The first-order chi connectivity index (χ1) is 8.49. The highest BCUT2D eigenvalue weighted by molar-refractivity contribution is 6.33. The lowest BCUT2D eigenvalue weighted by Gasteiger charge is -2.05. The molecule has 0 bridgehead atoms. The molecule has 0 saturated carbocycles. The van der Waals surface area contributed by atoms with Gasteiger partial charge in [0.05, 0.1) is 29.6 Å². The number of hydrogen-bond acceptors (Lipinski definition) is 5. The summed E-state index contributed by atoms with van der Waals surface area (Å²) in [7, 11) is 0. The number of nitro benzene ring substituents is 1. The van der Waals surface area contributed by atoms with Crippen molar-refractivity contribution in [3.05, 3.63) is 38.4 Å². The second-order valence-electron chi connectivity index (χ2n) is 3.32. The molecule has 0 heterocycles. The quantitative estimate of drug-likeness (QED) is 0.474. The first kappa shape index (κ1) is 13.9. The van der Waals surface area contributed by atoms with E-state index in [1.165, 1.54) is 6.07 Å². The monoisotopic (exact) mass is 268 g/mol. The first-order valence-electron chi connectivity index (χ1n) is 5.02. The standard InChI is InChI=1S/C11H9ClN2O4/c1-2-18-10(15)5-8-3-7(6-13)4-9(11(8)12)14(16)17/h3-4H,2,5H2,1H3. The van der Waals surface area contributed by atoms with Crippen molar-refractivity contribution in [1.82, 2.24) is 0 Å². The largest absolute Gasteiger partial charge is 0.466 e. The van der Waals surface area contributed by atoms with E-state index >= 15 is 0 Å². The van der Waals surface area contributed by atoms with Crippen LogP contribution in [0, 0.1) is 21.4 Å². The minimum Gasteiger partial charge on any atom is -0.466 e. The average molecular weight is 269 g/mol. The molecule has 0 aliphatic carbocycles. The Hall–Kier alpha value is -2.13. The minimum atomic E-state index is -0.697. The maximum Gasteiger partial charge on any atom is 0.310 e. The summed E-state index contributed by atoms with van der Waals surface area (Å²) in [5.74, 6) is -0.552. The lowest BCUT2D eigenvalue weighted by molar-refractivity contribution is -0.384. The van der Waals surface area contributed by atoms with E-state index in [9.17, 15) is 14.9 Å². The molecule has 1 aromatic carbocycles. The topological polar surface area (TPSA) is 93.2 Å². The second-order valence-corrected chi connectivity index (χ2v) is 3.70. The van der Waals surface area contributed by atoms with Crippen molar-refractivity contribution >= 4 is 23.3 Å². The van der Waals surface area contributed by atoms with Crippen molar-refractivity contribution in [3.8, 4) is 6.07 Å². The van der Waals surface area contributed by atoms with Gasteiger partial charge >= 0.3 is 5.97 Å². The van der Waals surface area contributed by atoms with Gasteiger partial charge < -0.3 is 4.74 Å². The molecule has 7 heteroatoms. The van der Waals surface area contributed by atoms with Crippen LogP contribution >= 0.6 is 11.6 Å². The van der Waals surface area contributed by atoms with E-state index in [2.05, 4.69) is 0 Å². The van der Waals surface area contributed by atoms with Crippen LogP contribution < -0.4 is 0 Å². The Morgan fingerprint density at radius 3 is 2.78 bits per heavy atom. The number of nitro groups is 1. The van der Waals surface area contributed by atoms with Crippen LogP contribution in [-0.4, -0.2) is 17.5 Å². The molecule has 0 aliphatic heterocycles. The van der Waals surface area contributed by atoms with Gasteiger partial charge in [-0.1, -0.05) is 11.6 Å². The number of carbonyl (C=O) groups excluding carboxylic acids is 1. The zero-order valence-electron chi connectivity index (χ0n) is 9.47. The molecule has 0 N–H and O–H groups in total. The van der Waals surface area contributed by atoms with Crippen LogP contribution in [0.1, 0.15) is 18.1 Å². The van der Waals surface area contributed by atoms with Crippen molar-refractivity contribution in [2.45, 2.75) is 13.3 Å². The molecule has 0 aromatic heterocycles. The predicted octanol–water partition coefficient (Wildman–Crippen LogP) is 2.23. The number of nitrogens with zero attached hydrogens (tertiary/aromatic N) is 2. The molecule has 0 atom stereocenters. The van der Waals surface area contributed by atoms with Gasteiger partial charge in [0.2, 0.25) is 0 Å². The summed E-state index contributed by atoms with van der Waals surface area (Å²) >= 11 is 5.82. The molecule has 0 spiro atoms. The van der Waals surface area contributed by atoms with Crippen molar-refractivity contribution in [2.75, 3.05) is 6.61 Å².